The van der Waals surface area contributed by atoms with Crippen LogP contribution in [0.1, 0.15) is 30.1 Å². The fourth-order valence-electron chi connectivity index (χ4n) is 1.55. The summed E-state index contributed by atoms with van der Waals surface area (Å²) in [6, 6.07) is 4.94. The molecular weight excluding hydrogens is 232 g/mol. The fourth-order valence-corrected chi connectivity index (χ4v) is 1.55. The van der Waals surface area contributed by atoms with Crippen LogP contribution in [0.5, 0.6) is 0 Å². The average Bonchev–Trinajstić information content (AvgIpc) is 2.35. The number of hydrogen-bond acceptors (Lipinski definition) is 4. The molecule has 0 aliphatic carbocycles. The SMILES string of the molecule is CCCOCCCNc1cccc(C(=O)O)c1N. The van der Waals surface area contributed by atoms with Crippen LogP contribution in [0.4, 0.5) is 11.4 Å². The van der Waals surface area contributed by atoms with E-state index in [0.717, 1.165) is 19.4 Å². The predicted molar refractivity (Wildman–Crippen MR) is 72.0 cm³/mol. The van der Waals surface area contributed by atoms with Crippen molar-refractivity contribution in [2.24, 2.45) is 0 Å². The minimum absolute atomic E-state index is 0.127. The van der Waals surface area contributed by atoms with Crippen LogP contribution < -0.4 is 11.1 Å². The van der Waals surface area contributed by atoms with E-state index in [-0.39, 0.29) is 11.3 Å². The molecule has 0 radical (unpaired) electrons. The van der Waals surface area contributed by atoms with Gasteiger partial charge in [0, 0.05) is 19.8 Å². The van der Waals surface area contributed by atoms with Crippen molar-refractivity contribution in [1.82, 2.24) is 0 Å². The summed E-state index contributed by atoms with van der Waals surface area (Å²) < 4.78 is 5.35. The molecule has 0 aliphatic heterocycles. The summed E-state index contributed by atoms with van der Waals surface area (Å²) in [7, 11) is 0. The number of nitrogens with one attached hydrogen (secondary N) is 1. The highest BCUT2D eigenvalue weighted by atomic mass is 16.5. The van der Waals surface area contributed by atoms with Crippen LogP contribution in [0.3, 0.4) is 0 Å². The number of anilines is 2. The molecule has 18 heavy (non-hydrogen) atoms. The van der Waals surface area contributed by atoms with Gasteiger partial charge >= 0.3 is 5.97 Å². The second-order valence-corrected chi connectivity index (χ2v) is 3.96. The number of carbonyl (C=O) groups is 1. The topological polar surface area (TPSA) is 84.6 Å². The van der Waals surface area contributed by atoms with Crippen molar-refractivity contribution in [1.29, 1.82) is 0 Å². The Labute approximate surface area is 107 Å². The Kier molecular flexibility index (Phi) is 6.00. The van der Waals surface area contributed by atoms with Crippen LogP contribution >= 0.6 is 0 Å². The van der Waals surface area contributed by atoms with Crippen molar-refractivity contribution in [3.63, 3.8) is 0 Å². The monoisotopic (exact) mass is 252 g/mol. The number of rotatable bonds is 8. The van der Waals surface area contributed by atoms with Gasteiger partial charge in [0.2, 0.25) is 0 Å². The Morgan fingerprint density at radius 2 is 2.22 bits per heavy atom. The van der Waals surface area contributed by atoms with E-state index in [9.17, 15) is 4.79 Å². The molecule has 5 nitrogen and oxygen atoms in total. The molecule has 0 bridgehead atoms. The smallest absolute Gasteiger partial charge is 0.337 e. The van der Waals surface area contributed by atoms with Crippen LogP contribution in [0.2, 0.25) is 0 Å². The Hall–Kier alpha value is -1.75. The molecule has 0 unspecified atom stereocenters. The predicted octanol–water partition coefficient (Wildman–Crippen LogP) is 2.20. The number of benzene rings is 1. The van der Waals surface area contributed by atoms with Gasteiger partial charge in [-0.25, -0.2) is 4.79 Å². The van der Waals surface area contributed by atoms with E-state index in [1.165, 1.54) is 6.07 Å². The second kappa shape index (κ2) is 7.55. The van der Waals surface area contributed by atoms with Crippen LogP contribution in [0.15, 0.2) is 18.2 Å². The largest absolute Gasteiger partial charge is 0.478 e. The van der Waals surface area contributed by atoms with Crippen LogP contribution in [-0.4, -0.2) is 30.8 Å². The van der Waals surface area contributed by atoms with E-state index in [0.29, 0.717) is 18.8 Å². The van der Waals surface area contributed by atoms with Crippen LogP contribution in [-0.2, 0) is 4.74 Å². The normalized spacial score (nSPS) is 10.3. The van der Waals surface area contributed by atoms with Crippen molar-refractivity contribution in [3.8, 4) is 0 Å². The van der Waals surface area contributed by atoms with Crippen LogP contribution in [0.25, 0.3) is 0 Å². The molecule has 0 saturated heterocycles. The zero-order valence-electron chi connectivity index (χ0n) is 10.6. The van der Waals surface area contributed by atoms with Gasteiger partial charge in [-0.05, 0) is 25.0 Å². The number of hydrogen-bond donors (Lipinski definition) is 3. The highest BCUT2D eigenvalue weighted by molar-refractivity contribution is 5.97. The number of nitrogens with two attached hydrogens (primary N) is 1. The maximum atomic E-state index is 10.9. The Balaban J connectivity index is 2.43. The number of carboxylic acids is 1. The first-order valence-electron chi connectivity index (χ1n) is 6.10. The summed E-state index contributed by atoms with van der Waals surface area (Å²) in [5, 5.41) is 12.0. The first-order chi connectivity index (χ1) is 8.66. The molecule has 1 rings (SSSR count). The lowest BCUT2D eigenvalue weighted by molar-refractivity contribution is 0.0698. The van der Waals surface area contributed by atoms with E-state index >= 15 is 0 Å². The number of aromatic carboxylic acids is 1. The third-order valence-electron chi connectivity index (χ3n) is 2.47. The molecule has 5 heteroatoms. The van der Waals surface area contributed by atoms with Crippen molar-refractivity contribution in [3.05, 3.63) is 23.8 Å². The van der Waals surface area contributed by atoms with Gasteiger partial charge in [0.1, 0.15) is 0 Å². The van der Waals surface area contributed by atoms with Gasteiger partial charge < -0.3 is 20.9 Å². The summed E-state index contributed by atoms with van der Waals surface area (Å²) in [5.41, 5.74) is 6.83. The second-order valence-electron chi connectivity index (χ2n) is 3.96. The van der Waals surface area contributed by atoms with Crippen LogP contribution in [0, 0.1) is 0 Å². The number of carboxylic acid groups (broad SMARTS) is 1. The molecule has 4 N–H and O–H groups in total. The standard InChI is InChI=1S/C13H20N2O3/c1-2-8-18-9-4-7-15-11-6-3-5-10(12(11)14)13(16)17/h3,5-6,15H,2,4,7-9,14H2,1H3,(H,16,17). The Morgan fingerprint density at radius 1 is 1.44 bits per heavy atom. The van der Waals surface area contributed by atoms with E-state index in [1.54, 1.807) is 12.1 Å². The van der Waals surface area contributed by atoms with Gasteiger partial charge in [0.25, 0.3) is 0 Å². The average molecular weight is 252 g/mol. The Morgan fingerprint density at radius 3 is 2.89 bits per heavy atom. The molecular formula is C13H20N2O3. The van der Waals surface area contributed by atoms with Crippen molar-refractivity contribution in [2.75, 3.05) is 30.8 Å². The van der Waals surface area contributed by atoms with Gasteiger partial charge in [0.15, 0.2) is 0 Å². The van der Waals surface area contributed by atoms with Gasteiger partial charge in [-0.15, -0.1) is 0 Å². The summed E-state index contributed by atoms with van der Waals surface area (Å²) in [6.45, 7) is 4.24. The highest BCUT2D eigenvalue weighted by Gasteiger charge is 2.10. The third kappa shape index (κ3) is 4.25. The molecule has 0 atom stereocenters. The van der Waals surface area contributed by atoms with Gasteiger partial charge in [-0.2, -0.15) is 0 Å². The van der Waals surface area contributed by atoms with Gasteiger partial charge in [0.05, 0.1) is 16.9 Å². The molecule has 100 valence electrons. The molecule has 0 aliphatic rings. The minimum atomic E-state index is -1.01. The fraction of sp³-hybridized carbons (Fsp3) is 0.462. The zero-order chi connectivity index (χ0) is 13.4. The molecule has 1 aromatic rings. The maximum Gasteiger partial charge on any atom is 0.337 e. The van der Waals surface area contributed by atoms with Gasteiger partial charge in [-0.3, -0.25) is 0 Å². The molecule has 1 aromatic carbocycles. The molecule has 0 amide bonds. The lowest BCUT2D eigenvalue weighted by Crippen LogP contribution is -2.10. The summed E-state index contributed by atoms with van der Waals surface area (Å²) in [4.78, 5) is 10.9. The van der Waals surface area contributed by atoms with E-state index < -0.39 is 5.97 Å². The maximum absolute atomic E-state index is 10.9. The molecule has 0 saturated carbocycles. The molecule has 0 spiro atoms. The Bertz CT molecular complexity index is 394. The van der Waals surface area contributed by atoms with E-state index in [1.807, 2.05) is 0 Å². The quantitative estimate of drug-likeness (QED) is 0.488. The minimum Gasteiger partial charge on any atom is -0.478 e. The number of para-hydroxylation sites is 1. The summed E-state index contributed by atoms with van der Waals surface area (Å²) in [5.74, 6) is -1.01. The summed E-state index contributed by atoms with van der Waals surface area (Å²) in [6.07, 6.45) is 1.87. The third-order valence-corrected chi connectivity index (χ3v) is 2.47. The molecule has 0 fully saturated rings. The molecule has 0 heterocycles. The van der Waals surface area contributed by atoms with Crippen molar-refractivity contribution >= 4 is 17.3 Å². The lowest BCUT2D eigenvalue weighted by Gasteiger charge is -2.11. The van der Waals surface area contributed by atoms with E-state index in [4.69, 9.17) is 15.6 Å². The van der Waals surface area contributed by atoms with Crippen molar-refractivity contribution in [2.45, 2.75) is 19.8 Å². The lowest BCUT2D eigenvalue weighted by atomic mass is 10.1. The number of ether oxygens (including phenoxy) is 1. The number of nitrogen functional groups attached to an aromatic ring is 1. The summed E-state index contributed by atoms with van der Waals surface area (Å²) >= 11 is 0. The first kappa shape index (κ1) is 14.3. The highest BCUT2D eigenvalue weighted by Crippen LogP contribution is 2.22. The first-order valence-corrected chi connectivity index (χ1v) is 6.10. The van der Waals surface area contributed by atoms with Gasteiger partial charge in [-0.1, -0.05) is 13.0 Å². The molecule has 0 aromatic heterocycles. The zero-order valence-corrected chi connectivity index (χ0v) is 10.6. The van der Waals surface area contributed by atoms with Crippen molar-refractivity contribution < 1.29 is 14.6 Å². The van der Waals surface area contributed by atoms with E-state index in [2.05, 4.69) is 12.2 Å².